The lowest BCUT2D eigenvalue weighted by molar-refractivity contribution is -0.145. The second kappa shape index (κ2) is 19.9. The van der Waals surface area contributed by atoms with E-state index in [4.69, 9.17) is 9.47 Å². The van der Waals surface area contributed by atoms with Gasteiger partial charge in [-0.1, -0.05) is 72.8 Å². The summed E-state index contributed by atoms with van der Waals surface area (Å²) in [6.45, 7) is 0.405. The molecule has 0 fully saturated rings. The summed E-state index contributed by atoms with van der Waals surface area (Å²) in [4.78, 5) is 50.5. The van der Waals surface area contributed by atoms with E-state index < -0.39 is 24.1 Å². The fourth-order valence-corrected chi connectivity index (χ4v) is 4.86. The third kappa shape index (κ3) is 13.9. The average Bonchev–Trinajstić information content (AvgIpc) is 3.04. The maximum atomic E-state index is 13.4. The maximum absolute atomic E-state index is 13.4. The number of cyclic esters (lactones) is 1. The Morgan fingerprint density at radius 2 is 1.73 bits per heavy atom. The number of alkyl carbamates (subject to hydrolysis) is 1. The summed E-state index contributed by atoms with van der Waals surface area (Å²) in [6.07, 6.45) is 7.53. The molecule has 0 bridgehead atoms. The van der Waals surface area contributed by atoms with Gasteiger partial charge in [-0.15, -0.1) is 0 Å². The lowest BCUT2D eigenvalue weighted by Crippen LogP contribution is -2.44. The lowest BCUT2D eigenvalue weighted by atomic mass is 9.97. The molecule has 0 aromatic heterocycles. The number of hydrogen-bond acceptors (Lipinski definition) is 7. The molecule has 3 atom stereocenters. The van der Waals surface area contributed by atoms with Crippen molar-refractivity contribution in [1.29, 1.82) is 0 Å². The van der Waals surface area contributed by atoms with Gasteiger partial charge in [-0.2, -0.15) is 0 Å². The molecule has 2 aromatic carbocycles. The lowest BCUT2D eigenvalue weighted by Gasteiger charge is -2.23. The Morgan fingerprint density at radius 3 is 2.45 bits per heavy atom. The van der Waals surface area contributed by atoms with Gasteiger partial charge in [-0.25, -0.2) is 4.79 Å². The number of amides is 3. The van der Waals surface area contributed by atoms with Crippen molar-refractivity contribution < 1.29 is 33.8 Å². The molecule has 0 spiro atoms. The Bertz CT molecular complexity index is 1190. The molecule has 3 rings (SSSR count). The molecule has 0 radical (unpaired) electrons. The van der Waals surface area contributed by atoms with Crippen LogP contribution in [0.1, 0.15) is 62.5 Å². The van der Waals surface area contributed by atoms with Crippen LogP contribution in [-0.4, -0.2) is 60.8 Å². The van der Waals surface area contributed by atoms with Crippen molar-refractivity contribution in [2.24, 2.45) is 5.92 Å². The second-order valence-corrected chi connectivity index (χ2v) is 11.0. The van der Waals surface area contributed by atoms with Crippen LogP contribution in [0.15, 0.2) is 72.8 Å². The first-order chi connectivity index (χ1) is 21.4. The third-order valence-electron chi connectivity index (χ3n) is 7.31. The van der Waals surface area contributed by atoms with Crippen LogP contribution in [0.25, 0.3) is 0 Å². The molecule has 3 amide bonds. The predicted molar refractivity (Wildman–Crippen MR) is 166 cm³/mol. The molecule has 1 aliphatic rings. The molecule has 4 N–H and O–H groups in total. The van der Waals surface area contributed by atoms with E-state index >= 15 is 0 Å². The first-order valence-corrected chi connectivity index (χ1v) is 15.4. The van der Waals surface area contributed by atoms with Crippen molar-refractivity contribution in [2.45, 2.75) is 76.5 Å². The summed E-state index contributed by atoms with van der Waals surface area (Å²) < 4.78 is 10.7. The number of ether oxygens (including phenoxy) is 2. The molecule has 10 nitrogen and oxygen atoms in total. The van der Waals surface area contributed by atoms with Gasteiger partial charge in [0.2, 0.25) is 11.8 Å². The highest BCUT2D eigenvalue weighted by atomic mass is 16.5. The molecule has 1 heterocycles. The highest BCUT2D eigenvalue weighted by molar-refractivity contribution is 5.86. The van der Waals surface area contributed by atoms with Crippen molar-refractivity contribution in [1.82, 2.24) is 16.0 Å². The van der Waals surface area contributed by atoms with Gasteiger partial charge in [0.05, 0.1) is 24.6 Å². The zero-order chi connectivity index (χ0) is 31.4. The van der Waals surface area contributed by atoms with E-state index in [9.17, 15) is 24.3 Å². The van der Waals surface area contributed by atoms with Crippen molar-refractivity contribution in [2.75, 3.05) is 19.8 Å². The van der Waals surface area contributed by atoms with E-state index in [1.807, 2.05) is 72.8 Å². The molecule has 0 saturated carbocycles. The van der Waals surface area contributed by atoms with Crippen LogP contribution < -0.4 is 16.0 Å². The van der Waals surface area contributed by atoms with E-state index in [1.165, 1.54) is 0 Å². The fourth-order valence-electron chi connectivity index (χ4n) is 4.86. The molecule has 1 aliphatic heterocycles. The van der Waals surface area contributed by atoms with Gasteiger partial charge in [0, 0.05) is 19.4 Å². The number of hydrogen-bond donors (Lipinski definition) is 4. The summed E-state index contributed by atoms with van der Waals surface area (Å²) in [6, 6.07) is 18.1. The van der Waals surface area contributed by atoms with Crippen molar-refractivity contribution in [3.8, 4) is 0 Å². The van der Waals surface area contributed by atoms with E-state index in [1.54, 1.807) is 0 Å². The minimum Gasteiger partial charge on any atom is -0.463 e. The Kier molecular flexibility index (Phi) is 15.5. The summed E-state index contributed by atoms with van der Waals surface area (Å²) in [5, 5.41) is 18.4. The summed E-state index contributed by atoms with van der Waals surface area (Å²) in [5.74, 6) is -1.55. The van der Waals surface area contributed by atoms with Crippen LogP contribution in [0.4, 0.5) is 4.79 Å². The highest BCUT2D eigenvalue weighted by Crippen LogP contribution is 2.15. The number of carbonyl (C=O) groups excluding carboxylic acids is 4. The minimum atomic E-state index is -0.623. The van der Waals surface area contributed by atoms with E-state index in [0.717, 1.165) is 11.1 Å². The van der Waals surface area contributed by atoms with Crippen molar-refractivity contribution in [3.05, 3.63) is 83.9 Å². The highest BCUT2D eigenvalue weighted by Gasteiger charge is 2.25. The summed E-state index contributed by atoms with van der Waals surface area (Å²) in [5.41, 5.74) is 1.89. The first kappa shape index (κ1) is 34.3. The van der Waals surface area contributed by atoms with Crippen molar-refractivity contribution in [3.63, 3.8) is 0 Å². The molecule has 0 unspecified atom stereocenters. The SMILES string of the molecule is O=C(C[C@H]1CC=CCCCC(=O)OC[C@H](CCCCNC(=O)OCc2ccccc2)NC1=O)N[C@@H](CO)Cc1ccccc1. The van der Waals surface area contributed by atoms with Crippen LogP contribution in [0, 0.1) is 5.92 Å². The molecule has 0 aliphatic carbocycles. The van der Waals surface area contributed by atoms with Gasteiger partial charge in [0.15, 0.2) is 0 Å². The standard InChI is InChI=1S/C34H45N3O7/c38-23-30(21-26-13-5-3-6-14-26)36-31(39)22-28-17-9-1-2-10-19-32(40)43-25-29(37-33(28)41)18-11-12-20-35-34(42)44-24-27-15-7-4-8-16-27/h1,3-9,13-16,28-30,38H,2,10-12,17-25H2,(H,35,42)(H,36,39)(H,37,41)/t28-,29+,30-/m1/s1. The Balaban J connectivity index is 1.50. The number of benzene rings is 2. The Morgan fingerprint density at radius 1 is 1.00 bits per heavy atom. The van der Waals surface area contributed by atoms with Crippen LogP contribution >= 0.6 is 0 Å². The number of esters is 1. The molecule has 0 saturated heterocycles. The zero-order valence-corrected chi connectivity index (χ0v) is 25.2. The van der Waals surface area contributed by atoms with E-state index in [0.29, 0.717) is 51.5 Å². The normalized spacial score (nSPS) is 18.4. The number of aliphatic hydroxyl groups is 1. The van der Waals surface area contributed by atoms with E-state index in [-0.39, 0.29) is 50.4 Å². The number of aliphatic hydroxyl groups excluding tert-OH is 1. The van der Waals surface area contributed by atoms with Gasteiger partial charge in [-0.3, -0.25) is 14.4 Å². The molecular weight excluding hydrogens is 562 g/mol. The monoisotopic (exact) mass is 607 g/mol. The largest absolute Gasteiger partial charge is 0.463 e. The van der Waals surface area contributed by atoms with Gasteiger partial charge in [-0.05, 0) is 56.1 Å². The molecule has 238 valence electrons. The molecule has 10 heteroatoms. The first-order valence-electron chi connectivity index (χ1n) is 15.4. The zero-order valence-electron chi connectivity index (χ0n) is 25.2. The Hall–Kier alpha value is -4.18. The van der Waals surface area contributed by atoms with Gasteiger partial charge < -0.3 is 30.5 Å². The number of unbranched alkanes of at least 4 members (excludes halogenated alkanes) is 1. The van der Waals surface area contributed by atoms with Gasteiger partial charge >= 0.3 is 12.1 Å². The quantitative estimate of drug-likeness (QED) is 0.153. The molecule has 2 aromatic rings. The van der Waals surface area contributed by atoms with Crippen molar-refractivity contribution >= 4 is 23.9 Å². The smallest absolute Gasteiger partial charge is 0.407 e. The van der Waals surface area contributed by atoms with Crippen LogP contribution in [0.2, 0.25) is 0 Å². The minimum absolute atomic E-state index is 0.0348. The predicted octanol–water partition coefficient (Wildman–Crippen LogP) is 3.97. The van der Waals surface area contributed by atoms with Crippen LogP contribution in [-0.2, 0) is 36.9 Å². The van der Waals surface area contributed by atoms with Crippen LogP contribution in [0.3, 0.4) is 0 Å². The topological polar surface area (TPSA) is 143 Å². The summed E-state index contributed by atoms with van der Waals surface area (Å²) >= 11 is 0. The average molecular weight is 608 g/mol. The number of nitrogens with one attached hydrogen (secondary N) is 3. The number of rotatable bonds is 13. The molecule has 44 heavy (non-hydrogen) atoms. The fraction of sp³-hybridized carbons (Fsp3) is 0.471. The second-order valence-electron chi connectivity index (χ2n) is 11.0. The number of allylic oxidation sites excluding steroid dienone is 2. The third-order valence-corrected chi connectivity index (χ3v) is 7.31. The summed E-state index contributed by atoms with van der Waals surface area (Å²) in [7, 11) is 0. The van der Waals surface area contributed by atoms with Gasteiger partial charge in [0.1, 0.15) is 13.2 Å². The Labute approximate surface area is 259 Å². The van der Waals surface area contributed by atoms with E-state index in [2.05, 4.69) is 16.0 Å². The van der Waals surface area contributed by atoms with Crippen LogP contribution in [0.5, 0.6) is 0 Å². The maximum Gasteiger partial charge on any atom is 0.407 e. The number of carbonyl (C=O) groups is 4. The van der Waals surface area contributed by atoms with Gasteiger partial charge in [0.25, 0.3) is 0 Å². The molecular formula is C34H45N3O7.